The van der Waals surface area contributed by atoms with Crippen molar-refractivity contribution in [1.82, 2.24) is 14.8 Å². The van der Waals surface area contributed by atoms with Crippen LogP contribution in [-0.2, 0) is 0 Å². The minimum atomic E-state index is 0.499. The maximum atomic E-state index is 9.17. The van der Waals surface area contributed by atoms with E-state index in [-0.39, 0.29) is 0 Å². The van der Waals surface area contributed by atoms with Gasteiger partial charge in [0.2, 0.25) is 0 Å². The summed E-state index contributed by atoms with van der Waals surface area (Å²) in [6.45, 7) is 0. The molecular weight excluding hydrogens is 286 g/mol. The van der Waals surface area contributed by atoms with Crippen molar-refractivity contribution in [3.8, 4) is 11.8 Å². The highest BCUT2D eigenvalue weighted by Crippen LogP contribution is 2.15. The zero-order valence-electron chi connectivity index (χ0n) is 11.7. The Labute approximate surface area is 128 Å². The number of nitriles is 1. The number of nitrogens with zero attached hydrogens (tertiary/aromatic N) is 5. The molecule has 1 heterocycles. The topological polar surface area (TPSA) is 57.2 Å². The second-order valence-corrected chi connectivity index (χ2v) is 4.87. The molecule has 2 rings (SSSR count). The highest BCUT2D eigenvalue weighted by atomic mass is 35.5. The van der Waals surface area contributed by atoms with E-state index in [9.17, 15) is 0 Å². The van der Waals surface area contributed by atoms with Crippen LogP contribution in [0.25, 0.3) is 11.8 Å². The third-order valence-electron chi connectivity index (χ3n) is 2.59. The monoisotopic (exact) mass is 299 g/mol. The van der Waals surface area contributed by atoms with E-state index in [2.05, 4.69) is 16.3 Å². The predicted molar refractivity (Wildman–Crippen MR) is 84.5 cm³/mol. The quantitative estimate of drug-likeness (QED) is 0.644. The maximum Gasteiger partial charge on any atom is 0.103 e. The number of allylic oxidation sites excluding steroid dienone is 1. The Kier molecular flexibility index (Phi) is 4.75. The fourth-order valence-corrected chi connectivity index (χ4v) is 1.75. The van der Waals surface area contributed by atoms with Crippen LogP contribution in [0.3, 0.4) is 0 Å². The van der Waals surface area contributed by atoms with Gasteiger partial charge in [0.05, 0.1) is 11.3 Å². The molecule has 6 heteroatoms. The molecular formula is C15H14ClN5. The molecule has 5 nitrogen and oxygen atoms in total. The van der Waals surface area contributed by atoms with Crippen molar-refractivity contribution in [3.63, 3.8) is 0 Å². The summed E-state index contributed by atoms with van der Waals surface area (Å²) in [5.74, 6) is 0. The summed E-state index contributed by atoms with van der Waals surface area (Å²) >= 11 is 5.86. The van der Waals surface area contributed by atoms with Gasteiger partial charge in [0.25, 0.3) is 0 Å². The number of hydrazone groups is 1. The van der Waals surface area contributed by atoms with Crippen molar-refractivity contribution in [2.75, 3.05) is 14.1 Å². The molecule has 0 fully saturated rings. The van der Waals surface area contributed by atoms with E-state index in [4.69, 9.17) is 16.9 Å². The van der Waals surface area contributed by atoms with Crippen LogP contribution >= 0.6 is 11.6 Å². The summed E-state index contributed by atoms with van der Waals surface area (Å²) in [5.41, 5.74) is 1.94. The van der Waals surface area contributed by atoms with Gasteiger partial charge in [-0.1, -0.05) is 11.6 Å². The lowest BCUT2D eigenvalue weighted by Crippen LogP contribution is -2.00. The average Bonchev–Trinajstić information content (AvgIpc) is 2.87. The van der Waals surface area contributed by atoms with E-state index < -0.39 is 0 Å². The molecule has 21 heavy (non-hydrogen) atoms. The molecule has 0 atom stereocenters. The lowest BCUT2D eigenvalue weighted by Gasteiger charge is -2.00. The van der Waals surface area contributed by atoms with Gasteiger partial charge in [0.15, 0.2) is 0 Å². The first-order valence-electron chi connectivity index (χ1n) is 6.24. The van der Waals surface area contributed by atoms with Gasteiger partial charge in [0, 0.05) is 31.5 Å². The summed E-state index contributed by atoms with van der Waals surface area (Å²) in [6.07, 6.45) is 6.82. The Morgan fingerprint density at radius 3 is 2.67 bits per heavy atom. The molecule has 0 aliphatic rings. The van der Waals surface area contributed by atoms with Crippen molar-refractivity contribution in [3.05, 3.63) is 52.8 Å². The Bertz CT molecular complexity index is 705. The van der Waals surface area contributed by atoms with Crippen molar-refractivity contribution < 1.29 is 0 Å². The van der Waals surface area contributed by atoms with Crippen molar-refractivity contribution in [2.24, 2.45) is 5.10 Å². The molecule has 0 saturated heterocycles. The molecule has 1 aromatic carbocycles. The first kappa shape index (κ1) is 14.8. The van der Waals surface area contributed by atoms with Crippen LogP contribution in [0.5, 0.6) is 0 Å². The SMILES string of the molecule is CN(C)/N=C/C=C/c1nn(-c2ccc(Cl)cc2)cc1C#N. The number of hydrogen-bond donors (Lipinski definition) is 0. The van der Waals surface area contributed by atoms with Gasteiger partial charge >= 0.3 is 0 Å². The highest BCUT2D eigenvalue weighted by Gasteiger charge is 2.06. The normalized spacial score (nSPS) is 11.1. The van der Waals surface area contributed by atoms with Crippen molar-refractivity contribution in [2.45, 2.75) is 0 Å². The van der Waals surface area contributed by atoms with E-state index in [1.165, 1.54) is 0 Å². The summed E-state index contributed by atoms with van der Waals surface area (Å²) in [6, 6.07) is 9.38. The van der Waals surface area contributed by atoms with Crippen LogP contribution in [0.1, 0.15) is 11.3 Å². The second kappa shape index (κ2) is 6.73. The zero-order chi connectivity index (χ0) is 15.2. The molecule has 0 spiro atoms. The molecule has 0 amide bonds. The summed E-state index contributed by atoms with van der Waals surface area (Å²) in [5, 5.41) is 20.0. The Balaban J connectivity index is 2.27. The van der Waals surface area contributed by atoms with Gasteiger partial charge in [0.1, 0.15) is 11.8 Å². The first-order valence-corrected chi connectivity index (χ1v) is 6.61. The Hall–Kier alpha value is -2.58. The smallest absolute Gasteiger partial charge is 0.103 e. The van der Waals surface area contributed by atoms with Gasteiger partial charge in [-0.3, -0.25) is 0 Å². The minimum absolute atomic E-state index is 0.499. The molecule has 0 radical (unpaired) electrons. The van der Waals surface area contributed by atoms with Crippen LogP contribution in [0, 0.1) is 11.3 Å². The molecule has 0 aliphatic carbocycles. The summed E-state index contributed by atoms with van der Waals surface area (Å²) < 4.78 is 1.65. The van der Waals surface area contributed by atoms with Crippen LogP contribution in [0.2, 0.25) is 5.02 Å². The highest BCUT2D eigenvalue weighted by molar-refractivity contribution is 6.30. The summed E-state index contributed by atoms with van der Waals surface area (Å²) in [7, 11) is 3.67. The predicted octanol–water partition coefficient (Wildman–Crippen LogP) is 2.96. The maximum absolute atomic E-state index is 9.17. The molecule has 0 unspecified atom stereocenters. The zero-order valence-corrected chi connectivity index (χ0v) is 12.5. The molecule has 0 bridgehead atoms. The molecule has 0 saturated carbocycles. The van der Waals surface area contributed by atoms with Gasteiger partial charge in [-0.2, -0.15) is 15.5 Å². The minimum Gasteiger partial charge on any atom is -0.303 e. The van der Waals surface area contributed by atoms with Crippen molar-refractivity contribution >= 4 is 23.9 Å². The number of halogens is 1. The molecule has 2 aromatic rings. The number of hydrogen-bond acceptors (Lipinski definition) is 4. The fourth-order valence-electron chi connectivity index (χ4n) is 1.63. The molecule has 1 aromatic heterocycles. The van der Waals surface area contributed by atoms with Crippen molar-refractivity contribution in [1.29, 1.82) is 5.26 Å². The molecule has 106 valence electrons. The van der Waals surface area contributed by atoms with Crippen LogP contribution in [0.15, 0.2) is 41.6 Å². The molecule has 0 aliphatic heterocycles. The standard InChI is InChI=1S/C15H14ClN5/c1-20(2)18-9-3-4-15-12(10-17)11-21(19-15)14-7-5-13(16)6-8-14/h3-9,11H,1-2H3/b4-3+,18-9+. The van der Waals surface area contributed by atoms with E-state index in [0.717, 1.165) is 5.69 Å². The third-order valence-corrected chi connectivity index (χ3v) is 2.84. The Morgan fingerprint density at radius 1 is 1.33 bits per heavy atom. The Morgan fingerprint density at radius 2 is 2.05 bits per heavy atom. The first-order chi connectivity index (χ1) is 10.1. The molecule has 0 N–H and O–H groups in total. The number of benzene rings is 1. The van der Waals surface area contributed by atoms with Gasteiger partial charge in [-0.05, 0) is 36.4 Å². The number of aromatic nitrogens is 2. The van der Waals surface area contributed by atoms with Gasteiger partial charge in [-0.15, -0.1) is 0 Å². The number of rotatable bonds is 4. The van der Waals surface area contributed by atoms with Crippen LogP contribution in [-0.4, -0.2) is 35.1 Å². The van der Waals surface area contributed by atoms with E-state index in [1.807, 2.05) is 26.2 Å². The largest absolute Gasteiger partial charge is 0.303 e. The van der Waals surface area contributed by atoms with Gasteiger partial charge < -0.3 is 5.01 Å². The average molecular weight is 300 g/mol. The summed E-state index contributed by atoms with van der Waals surface area (Å²) in [4.78, 5) is 0. The lowest BCUT2D eigenvalue weighted by atomic mass is 10.2. The fraction of sp³-hybridized carbons (Fsp3) is 0.133. The lowest BCUT2D eigenvalue weighted by molar-refractivity contribution is 0.440. The van der Waals surface area contributed by atoms with E-state index >= 15 is 0 Å². The van der Waals surface area contributed by atoms with E-state index in [1.54, 1.807) is 46.4 Å². The second-order valence-electron chi connectivity index (χ2n) is 4.43. The van der Waals surface area contributed by atoms with Gasteiger partial charge in [-0.25, -0.2) is 4.68 Å². The van der Waals surface area contributed by atoms with Crippen LogP contribution < -0.4 is 0 Å². The van der Waals surface area contributed by atoms with E-state index in [0.29, 0.717) is 16.3 Å². The van der Waals surface area contributed by atoms with Crippen LogP contribution in [0.4, 0.5) is 0 Å². The third kappa shape index (κ3) is 3.94.